The first-order valence-electron chi connectivity index (χ1n) is 7.40. The predicted molar refractivity (Wildman–Crippen MR) is 82.8 cm³/mol. The second-order valence-corrected chi connectivity index (χ2v) is 6.34. The highest BCUT2D eigenvalue weighted by atomic mass is 16.6. The molecule has 7 nitrogen and oxygen atoms in total. The number of nitrogens with one attached hydrogen (secondary N) is 1. The summed E-state index contributed by atoms with van der Waals surface area (Å²) in [4.78, 5) is 12.7. The van der Waals surface area contributed by atoms with Crippen LogP contribution in [0.2, 0.25) is 0 Å². The molecule has 0 amide bonds. The molecule has 0 aromatic heterocycles. The van der Waals surface area contributed by atoms with Crippen molar-refractivity contribution in [3.8, 4) is 5.75 Å². The van der Waals surface area contributed by atoms with Crippen LogP contribution in [0.5, 0.6) is 5.75 Å². The second-order valence-electron chi connectivity index (χ2n) is 6.34. The number of nitro benzene ring substituents is 1. The molecule has 3 N–H and O–H groups in total. The molecule has 122 valence electrons. The molecular weight excluding hydrogens is 286 g/mol. The highest BCUT2D eigenvalue weighted by Gasteiger charge is 2.37. The zero-order valence-corrected chi connectivity index (χ0v) is 13.0. The molecule has 2 rings (SSSR count). The summed E-state index contributed by atoms with van der Waals surface area (Å²) in [5.41, 5.74) is -0.0962. The molecule has 1 fully saturated rings. The van der Waals surface area contributed by atoms with Crippen molar-refractivity contribution in [1.82, 2.24) is 10.2 Å². The molecule has 7 heteroatoms. The van der Waals surface area contributed by atoms with Gasteiger partial charge in [-0.15, -0.1) is 0 Å². The summed E-state index contributed by atoms with van der Waals surface area (Å²) in [6, 6.07) is 3.77. The minimum atomic E-state index is -0.538. The minimum Gasteiger partial charge on any atom is -0.508 e. The van der Waals surface area contributed by atoms with Gasteiger partial charge in [0.05, 0.1) is 4.92 Å². The lowest BCUT2D eigenvalue weighted by molar-refractivity contribution is -0.385. The van der Waals surface area contributed by atoms with E-state index >= 15 is 0 Å². The van der Waals surface area contributed by atoms with Gasteiger partial charge < -0.3 is 15.5 Å². The lowest BCUT2D eigenvalue weighted by Crippen LogP contribution is -2.49. The molecule has 22 heavy (non-hydrogen) atoms. The van der Waals surface area contributed by atoms with Gasteiger partial charge in [-0.05, 0) is 6.07 Å². The number of rotatable bonds is 5. The molecule has 1 aromatic rings. The molecular formula is C15H23N3O4. The summed E-state index contributed by atoms with van der Waals surface area (Å²) in [6.45, 7) is 6.87. The third-order valence-electron chi connectivity index (χ3n) is 4.18. The van der Waals surface area contributed by atoms with Gasteiger partial charge in [0, 0.05) is 61.9 Å². The van der Waals surface area contributed by atoms with Gasteiger partial charge in [0.15, 0.2) is 0 Å². The van der Waals surface area contributed by atoms with E-state index in [4.69, 9.17) is 0 Å². The van der Waals surface area contributed by atoms with Crippen molar-refractivity contribution in [3.05, 3.63) is 33.9 Å². The van der Waals surface area contributed by atoms with Crippen molar-refractivity contribution < 1.29 is 15.1 Å². The molecule has 1 heterocycles. The van der Waals surface area contributed by atoms with Crippen molar-refractivity contribution in [2.24, 2.45) is 5.41 Å². The number of phenols is 1. The molecule has 0 spiro atoms. The molecule has 0 unspecified atom stereocenters. The molecule has 0 radical (unpaired) electrons. The Kier molecular flexibility index (Phi) is 5.00. The summed E-state index contributed by atoms with van der Waals surface area (Å²) in [5.74, 6) is 0.0238. The van der Waals surface area contributed by atoms with E-state index in [0.29, 0.717) is 5.56 Å². The lowest BCUT2D eigenvalue weighted by atomic mass is 9.79. The van der Waals surface area contributed by atoms with E-state index in [9.17, 15) is 20.3 Å². The Labute approximate surface area is 129 Å². The quantitative estimate of drug-likeness (QED) is 0.559. The summed E-state index contributed by atoms with van der Waals surface area (Å²) >= 11 is 0. The Morgan fingerprint density at radius 1 is 1.41 bits per heavy atom. The van der Waals surface area contributed by atoms with Crippen LogP contribution in [-0.4, -0.2) is 52.8 Å². The summed E-state index contributed by atoms with van der Waals surface area (Å²) in [6.07, 6.45) is 0. The van der Waals surface area contributed by atoms with E-state index in [-0.39, 0.29) is 24.1 Å². The normalized spacial score (nSPS) is 18.1. The first-order chi connectivity index (χ1) is 10.4. The predicted octanol–water partition coefficient (Wildman–Crippen LogP) is 1.27. The van der Waals surface area contributed by atoms with Crippen LogP contribution in [0.3, 0.4) is 0 Å². The largest absolute Gasteiger partial charge is 0.508 e. The third kappa shape index (κ3) is 3.37. The van der Waals surface area contributed by atoms with Crippen molar-refractivity contribution in [3.63, 3.8) is 0 Å². The number of non-ortho nitro benzene ring substituents is 1. The SMILES string of the molecule is CC(C)(CO)[C@@H](c1cc([N+](=O)[O-])ccc1O)N1CCNCC1. The molecule has 1 aliphatic rings. The van der Waals surface area contributed by atoms with E-state index < -0.39 is 10.3 Å². The fraction of sp³-hybridized carbons (Fsp3) is 0.600. The molecule has 1 aromatic carbocycles. The number of benzene rings is 1. The van der Waals surface area contributed by atoms with E-state index in [1.165, 1.54) is 18.2 Å². The summed E-state index contributed by atoms with van der Waals surface area (Å²) < 4.78 is 0. The average Bonchev–Trinajstić information content (AvgIpc) is 2.50. The highest BCUT2D eigenvalue weighted by Crippen LogP contribution is 2.42. The van der Waals surface area contributed by atoms with Crippen molar-refractivity contribution in [1.29, 1.82) is 0 Å². The molecule has 0 saturated carbocycles. The zero-order valence-electron chi connectivity index (χ0n) is 13.0. The Balaban J connectivity index is 2.48. The van der Waals surface area contributed by atoms with Gasteiger partial charge in [-0.1, -0.05) is 13.8 Å². The first-order valence-corrected chi connectivity index (χ1v) is 7.40. The number of hydrogen-bond acceptors (Lipinski definition) is 6. The van der Waals surface area contributed by atoms with Gasteiger partial charge in [0.25, 0.3) is 5.69 Å². The Morgan fingerprint density at radius 2 is 2.05 bits per heavy atom. The number of aromatic hydroxyl groups is 1. The Morgan fingerprint density at radius 3 is 2.59 bits per heavy atom. The van der Waals surface area contributed by atoms with Crippen LogP contribution in [0, 0.1) is 15.5 Å². The maximum atomic E-state index is 11.0. The second kappa shape index (κ2) is 6.60. The molecule has 1 atom stereocenters. The van der Waals surface area contributed by atoms with Crippen molar-refractivity contribution in [2.75, 3.05) is 32.8 Å². The maximum absolute atomic E-state index is 11.0. The average molecular weight is 309 g/mol. The van der Waals surface area contributed by atoms with Gasteiger partial charge in [-0.2, -0.15) is 0 Å². The lowest BCUT2D eigenvalue weighted by Gasteiger charge is -2.43. The number of aliphatic hydroxyl groups is 1. The highest BCUT2D eigenvalue weighted by molar-refractivity contribution is 5.45. The first kappa shape index (κ1) is 16.7. The Hall–Kier alpha value is -1.70. The van der Waals surface area contributed by atoms with Crippen LogP contribution in [0.25, 0.3) is 0 Å². The molecule has 0 aliphatic carbocycles. The molecule has 1 saturated heterocycles. The van der Waals surface area contributed by atoms with Crippen molar-refractivity contribution >= 4 is 5.69 Å². The van der Waals surface area contributed by atoms with Gasteiger partial charge in [0.2, 0.25) is 0 Å². The van der Waals surface area contributed by atoms with Crippen LogP contribution < -0.4 is 5.32 Å². The zero-order chi connectivity index (χ0) is 16.3. The number of piperazine rings is 1. The standard InChI is InChI=1S/C15H23N3O4/c1-15(2,10-19)14(17-7-5-16-6-8-17)12-9-11(18(21)22)3-4-13(12)20/h3-4,9,14,16,19-20H,5-8,10H2,1-2H3/t14-/m1/s1. The van der Waals surface area contributed by atoms with Crippen LogP contribution in [0.4, 0.5) is 5.69 Å². The van der Waals surface area contributed by atoms with Crippen LogP contribution in [-0.2, 0) is 0 Å². The topological polar surface area (TPSA) is 98.9 Å². The maximum Gasteiger partial charge on any atom is 0.270 e. The van der Waals surface area contributed by atoms with Crippen LogP contribution in [0.15, 0.2) is 18.2 Å². The van der Waals surface area contributed by atoms with Gasteiger partial charge >= 0.3 is 0 Å². The molecule has 1 aliphatic heterocycles. The molecule has 0 bridgehead atoms. The fourth-order valence-electron chi connectivity index (χ4n) is 3.01. The van der Waals surface area contributed by atoms with E-state index in [2.05, 4.69) is 10.2 Å². The van der Waals surface area contributed by atoms with Crippen LogP contribution >= 0.6 is 0 Å². The van der Waals surface area contributed by atoms with E-state index in [1.807, 2.05) is 13.8 Å². The number of hydrogen-bond donors (Lipinski definition) is 3. The van der Waals surface area contributed by atoms with Gasteiger partial charge in [0.1, 0.15) is 5.75 Å². The summed E-state index contributed by atoms with van der Waals surface area (Å²) in [7, 11) is 0. The number of phenolic OH excluding ortho intramolecular Hbond substituents is 1. The Bertz CT molecular complexity index is 542. The van der Waals surface area contributed by atoms with Crippen molar-refractivity contribution in [2.45, 2.75) is 19.9 Å². The fourth-order valence-corrected chi connectivity index (χ4v) is 3.01. The van der Waals surface area contributed by atoms with Gasteiger partial charge in [-0.3, -0.25) is 15.0 Å². The number of aliphatic hydroxyl groups excluding tert-OH is 1. The van der Waals surface area contributed by atoms with E-state index in [1.54, 1.807) is 0 Å². The minimum absolute atomic E-state index is 0.0238. The smallest absolute Gasteiger partial charge is 0.270 e. The number of nitrogens with zero attached hydrogens (tertiary/aromatic N) is 2. The van der Waals surface area contributed by atoms with E-state index in [0.717, 1.165) is 26.2 Å². The third-order valence-corrected chi connectivity index (χ3v) is 4.18. The summed E-state index contributed by atoms with van der Waals surface area (Å²) in [5, 5.41) is 34.3. The van der Waals surface area contributed by atoms with Crippen LogP contribution in [0.1, 0.15) is 25.5 Å². The monoisotopic (exact) mass is 309 g/mol. The number of nitro groups is 1. The van der Waals surface area contributed by atoms with Gasteiger partial charge in [-0.25, -0.2) is 0 Å².